The first-order valence-corrected chi connectivity index (χ1v) is 10.7. The molecule has 1 aromatic heterocycles. The predicted octanol–water partition coefficient (Wildman–Crippen LogP) is 4.26. The molecule has 1 fully saturated rings. The minimum Gasteiger partial charge on any atom is -0.488 e. The van der Waals surface area contributed by atoms with Crippen LogP contribution in [-0.2, 0) is 11.2 Å². The van der Waals surface area contributed by atoms with Gasteiger partial charge in [-0.25, -0.2) is 0 Å². The first-order valence-electron chi connectivity index (χ1n) is 10.7. The van der Waals surface area contributed by atoms with Gasteiger partial charge < -0.3 is 24.3 Å². The van der Waals surface area contributed by atoms with E-state index in [1.807, 2.05) is 27.7 Å². The molecule has 0 unspecified atom stereocenters. The highest BCUT2D eigenvalue weighted by Crippen LogP contribution is 2.41. The number of pyridine rings is 1. The molecule has 172 valence electrons. The molecule has 1 aliphatic heterocycles. The summed E-state index contributed by atoms with van der Waals surface area (Å²) in [7, 11) is 2.97. The van der Waals surface area contributed by atoms with E-state index in [1.54, 1.807) is 6.92 Å². The molecule has 0 aliphatic carbocycles. The van der Waals surface area contributed by atoms with Crippen LogP contribution in [0.4, 0.5) is 0 Å². The van der Waals surface area contributed by atoms with E-state index in [2.05, 4.69) is 36.2 Å². The zero-order chi connectivity index (χ0) is 23.3. The molecule has 0 amide bonds. The summed E-state index contributed by atoms with van der Waals surface area (Å²) in [5.41, 5.74) is 3.16. The Morgan fingerprint density at radius 1 is 1.32 bits per heavy atom. The van der Waals surface area contributed by atoms with Gasteiger partial charge in [0.15, 0.2) is 0 Å². The van der Waals surface area contributed by atoms with Gasteiger partial charge in [0.05, 0.1) is 26.4 Å². The molecule has 4 atom stereocenters. The van der Waals surface area contributed by atoms with E-state index in [0.29, 0.717) is 17.9 Å². The molecule has 2 N–H and O–H groups in total. The standard InChI is InChI=1S/C25H37NO5/c1-15(12-13-20-18(4)21(27)22(29-7)24(26-20)30-8)10-9-11-16(2)14-17(3)23(28)25(6)19(5)31-25/h9,11-12,14,17,19,23,28H,10,13H2,1-8H3,(H,26,27)/t17-,19+,23-,25-/m1/s1. The number of ether oxygens (including phenoxy) is 3. The molecule has 0 aromatic carbocycles. The van der Waals surface area contributed by atoms with Gasteiger partial charge in [-0.3, -0.25) is 4.79 Å². The molecule has 6 nitrogen and oxygen atoms in total. The van der Waals surface area contributed by atoms with E-state index in [9.17, 15) is 9.90 Å². The van der Waals surface area contributed by atoms with Gasteiger partial charge in [-0.05, 0) is 41.0 Å². The molecule has 0 radical (unpaired) electrons. The number of allylic oxidation sites excluding steroid dienone is 5. The molecule has 2 heterocycles. The van der Waals surface area contributed by atoms with Gasteiger partial charge >= 0.3 is 0 Å². The zero-order valence-electron chi connectivity index (χ0n) is 20.0. The number of H-pyrrole nitrogens is 1. The molecule has 31 heavy (non-hydrogen) atoms. The Morgan fingerprint density at radius 2 is 1.97 bits per heavy atom. The molecule has 1 saturated heterocycles. The second kappa shape index (κ2) is 10.3. The second-order valence-electron chi connectivity index (χ2n) is 8.64. The minimum absolute atomic E-state index is 0.0149. The highest BCUT2D eigenvalue weighted by molar-refractivity contribution is 5.40. The maximum absolute atomic E-state index is 12.4. The van der Waals surface area contributed by atoms with Crippen molar-refractivity contribution in [3.05, 3.63) is 56.9 Å². The van der Waals surface area contributed by atoms with Crippen molar-refractivity contribution in [1.82, 2.24) is 4.98 Å². The highest BCUT2D eigenvalue weighted by atomic mass is 16.6. The second-order valence-corrected chi connectivity index (χ2v) is 8.64. The van der Waals surface area contributed by atoms with Crippen LogP contribution in [0, 0.1) is 12.8 Å². The summed E-state index contributed by atoms with van der Waals surface area (Å²) in [6.07, 6.45) is 9.37. The molecule has 0 spiro atoms. The highest BCUT2D eigenvalue weighted by Gasteiger charge is 2.55. The van der Waals surface area contributed by atoms with Crippen LogP contribution in [0.5, 0.6) is 11.6 Å². The number of hydrogen-bond acceptors (Lipinski definition) is 5. The Kier molecular flexibility index (Phi) is 8.32. The average Bonchev–Trinajstić information content (AvgIpc) is 3.35. The van der Waals surface area contributed by atoms with E-state index in [4.69, 9.17) is 14.2 Å². The molecular weight excluding hydrogens is 394 g/mol. The number of rotatable bonds is 10. The summed E-state index contributed by atoms with van der Waals surface area (Å²) in [6.45, 7) is 11.8. The van der Waals surface area contributed by atoms with E-state index in [0.717, 1.165) is 17.7 Å². The number of nitrogens with one attached hydrogen (secondary N) is 1. The van der Waals surface area contributed by atoms with Gasteiger partial charge in [0.2, 0.25) is 17.1 Å². The number of epoxide rings is 1. The molecule has 1 aromatic rings. The van der Waals surface area contributed by atoms with Gasteiger partial charge in [0, 0.05) is 23.6 Å². The number of aliphatic hydroxyl groups is 1. The number of aliphatic hydroxyl groups excluding tert-OH is 1. The van der Waals surface area contributed by atoms with Crippen molar-refractivity contribution < 1.29 is 19.3 Å². The zero-order valence-corrected chi connectivity index (χ0v) is 20.0. The third-order valence-electron chi connectivity index (χ3n) is 6.15. The number of aromatic nitrogens is 1. The first kappa shape index (κ1) is 25.0. The third-order valence-corrected chi connectivity index (χ3v) is 6.15. The Morgan fingerprint density at radius 3 is 2.52 bits per heavy atom. The molecule has 1 aliphatic rings. The Hall–Kier alpha value is -2.31. The normalized spacial score (nSPS) is 23.7. The van der Waals surface area contributed by atoms with E-state index >= 15 is 0 Å². The van der Waals surface area contributed by atoms with Crippen molar-refractivity contribution in [3.63, 3.8) is 0 Å². The minimum atomic E-state index is -0.514. The fraction of sp³-hybridized carbons (Fsp3) is 0.560. The van der Waals surface area contributed by atoms with Crippen LogP contribution in [0.15, 0.2) is 40.2 Å². The number of methoxy groups -OCH3 is 2. The van der Waals surface area contributed by atoms with Crippen LogP contribution in [-0.4, -0.2) is 42.1 Å². The topological polar surface area (TPSA) is 84.1 Å². The van der Waals surface area contributed by atoms with Crippen LogP contribution >= 0.6 is 0 Å². The van der Waals surface area contributed by atoms with Crippen molar-refractivity contribution >= 4 is 0 Å². The van der Waals surface area contributed by atoms with Crippen molar-refractivity contribution in [1.29, 1.82) is 0 Å². The Labute approximate surface area is 185 Å². The van der Waals surface area contributed by atoms with Gasteiger partial charge in [0.1, 0.15) is 5.60 Å². The van der Waals surface area contributed by atoms with Crippen LogP contribution in [0.3, 0.4) is 0 Å². The quantitative estimate of drug-likeness (QED) is 0.329. The summed E-state index contributed by atoms with van der Waals surface area (Å²) in [5.74, 6) is 0.558. The Balaban J connectivity index is 1.98. The molecule has 2 rings (SSSR count). The van der Waals surface area contributed by atoms with E-state index in [1.165, 1.54) is 19.8 Å². The van der Waals surface area contributed by atoms with Crippen molar-refractivity contribution in [2.75, 3.05) is 14.2 Å². The fourth-order valence-corrected chi connectivity index (χ4v) is 3.76. The molecule has 0 bridgehead atoms. The third kappa shape index (κ3) is 5.89. The summed E-state index contributed by atoms with van der Waals surface area (Å²) in [5, 5.41) is 10.5. The SMILES string of the molecule is COc1[nH]c(CC=C(C)CC=CC(C)=C[C@@H](C)[C@@H](O)[C@]2(C)O[C@H]2C)c(C)c(=O)c1OC. The monoisotopic (exact) mass is 431 g/mol. The van der Waals surface area contributed by atoms with Crippen LogP contribution in [0.1, 0.15) is 52.3 Å². The molecule has 0 saturated carbocycles. The van der Waals surface area contributed by atoms with Gasteiger partial charge in [0.25, 0.3) is 0 Å². The molecular formula is C25H37NO5. The van der Waals surface area contributed by atoms with Crippen molar-refractivity contribution in [2.45, 2.75) is 72.2 Å². The van der Waals surface area contributed by atoms with Crippen LogP contribution < -0.4 is 14.9 Å². The van der Waals surface area contributed by atoms with E-state index < -0.39 is 11.7 Å². The largest absolute Gasteiger partial charge is 0.488 e. The number of hydrogen-bond donors (Lipinski definition) is 2. The van der Waals surface area contributed by atoms with Crippen molar-refractivity contribution in [3.8, 4) is 11.6 Å². The fourth-order valence-electron chi connectivity index (χ4n) is 3.76. The van der Waals surface area contributed by atoms with Crippen molar-refractivity contribution in [2.24, 2.45) is 5.92 Å². The average molecular weight is 432 g/mol. The lowest BCUT2D eigenvalue weighted by molar-refractivity contribution is 0.0564. The van der Waals surface area contributed by atoms with E-state index in [-0.39, 0.29) is 23.2 Å². The number of aromatic amines is 1. The van der Waals surface area contributed by atoms with Gasteiger partial charge in [-0.1, -0.05) is 42.4 Å². The Bertz CT molecular complexity index is 927. The summed E-state index contributed by atoms with van der Waals surface area (Å²) < 4.78 is 15.9. The summed E-state index contributed by atoms with van der Waals surface area (Å²) in [6, 6.07) is 0. The lowest BCUT2D eigenvalue weighted by atomic mass is 9.90. The van der Waals surface area contributed by atoms with Gasteiger partial charge in [-0.15, -0.1) is 0 Å². The maximum Gasteiger partial charge on any atom is 0.238 e. The summed E-state index contributed by atoms with van der Waals surface area (Å²) in [4.78, 5) is 15.6. The van der Waals surface area contributed by atoms with Gasteiger partial charge in [-0.2, -0.15) is 0 Å². The molecule has 6 heteroatoms. The van der Waals surface area contributed by atoms with Crippen LogP contribution in [0.25, 0.3) is 0 Å². The predicted molar refractivity (Wildman–Crippen MR) is 124 cm³/mol. The first-order chi connectivity index (χ1) is 14.5. The lowest BCUT2D eigenvalue weighted by Gasteiger charge is -2.20. The van der Waals surface area contributed by atoms with Crippen LogP contribution in [0.2, 0.25) is 0 Å². The summed E-state index contributed by atoms with van der Waals surface area (Å²) >= 11 is 0. The smallest absolute Gasteiger partial charge is 0.238 e. The lowest BCUT2D eigenvalue weighted by Crippen LogP contribution is -2.33. The maximum atomic E-state index is 12.4.